The van der Waals surface area contributed by atoms with Crippen LogP contribution in [0.5, 0.6) is 0 Å². The minimum Gasteiger partial charge on any atom is -0.247 e. The SMILES string of the molecule is C=CCCc1ccccc1S(=O)(=O)Nc1ncnn1-c1ncccn1. The van der Waals surface area contributed by atoms with Crippen LogP contribution in [-0.4, -0.2) is 33.2 Å². The lowest BCUT2D eigenvalue weighted by atomic mass is 10.1. The number of nitrogens with one attached hydrogen (secondary N) is 1. The van der Waals surface area contributed by atoms with Gasteiger partial charge in [-0.3, -0.25) is 0 Å². The van der Waals surface area contributed by atoms with Crippen LogP contribution in [0.2, 0.25) is 0 Å². The predicted octanol–water partition coefficient (Wildman–Crippen LogP) is 1.98. The number of nitrogens with zero attached hydrogens (tertiary/aromatic N) is 5. The third kappa shape index (κ3) is 3.72. The van der Waals surface area contributed by atoms with Crippen molar-refractivity contribution >= 4 is 16.0 Å². The maximum absolute atomic E-state index is 12.8. The van der Waals surface area contributed by atoms with Gasteiger partial charge in [-0.15, -0.1) is 6.58 Å². The lowest BCUT2D eigenvalue weighted by Crippen LogP contribution is -2.18. The highest BCUT2D eigenvalue weighted by Crippen LogP contribution is 2.20. The second kappa shape index (κ2) is 7.22. The summed E-state index contributed by atoms with van der Waals surface area (Å²) in [6.45, 7) is 3.67. The van der Waals surface area contributed by atoms with Crippen LogP contribution in [-0.2, 0) is 16.4 Å². The Labute approximate surface area is 145 Å². The van der Waals surface area contributed by atoms with Gasteiger partial charge < -0.3 is 0 Å². The molecular weight excluding hydrogens is 340 g/mol. The quantitative estimate of drug-likeness (QED) is 0.649. The largest absolute Gasteiger partial charge is 0.264 e. The summed E-state index contributed by atoms with van der Waals surface area (Å²) >= 11 is 0. The number of aryl methyl sites for hydroxylation is 1. The van der Waals surface area contributed by atoms with E-state index in [1.165, 1.54) is 23.4 Å². The zero-order valence-electron chi connectivity index (χ0n) is 13.3. The second-order valence-corrected chi connectivity index (χ2v) is 6.74. The summed E-state index contributed by atoms with van der Waals surface area (Å²) < 4.78 is 29.3. The van der Waals surface area contributed by atoms with Gasteiger partial charge in [-0.2, -0.15) is 14.8 Å². The second-order valence-electron chi connectivity index (χ2n) is 5.08. The average molecular weight is 356 g/mol. The Morgan fingerprint density at radius 3 is 2.64 bits per heavy atom. The maximum atomic E-state index is 12.8. The molecule has 0 fully saturated rings. The molecule has 0 bridgehead atoms. The molecule has 9 heteroatoms. The molecule has 8 nitrogen and oxygen atoms in total. The van der Waals surface area contributed by atoms with Crippen LogP contribution >= 0.6 is 0 Å². The first kappa shape index (κ1) is 16.8. The monoisotopic (exact) mass is 356 g/mol. The standard InChI is InChI=1S/C16H16N6O2S/c1-2-3-7-13-8-4-5-9-14(13)25(23,24)21-16-19-12-20-22(16)15-17-10-6-11-18-15/h2,4-6,8-12H,1,3,7H2,(H,19,20,21). The molecule has 0 saturated heterocycles. The lowest BCUT2D eigenvalue weighted by molar-refractivity contribution is 0.599. The van der Waals surface area contributed by atoms with Crippen LogP contribution in [0.3, 0.4) is 0 Å². The Morgan fingerprint density at radius 2 is 1.88 bits per heavy atom. The molecule has 0 radical (unpaired) electrons. The molecule has 128 valence electrons. The van der Waals surface area contributed by atoms with Gasteiger partial charge in [0.05, 0.1) is 4.90 Å². The zero-order chi connectivity index (χ0) is 17.7. The van der Waals surface area contributed by atoms with E-state index < -0.39 is 10.0 Å². The molecule has 1 aromatic carbocycles. The highest BCUT2D eigenvalue weighted by molar-refractivity contribution is 7.92. The van der Waals surface area contributed by atoms with Crippen molar-refractivity contribution in [2.75, 3.05) is 4.72 Å². The van der Waals surface area contributed by atoms with Crippen LogP contribution in [0.15, 0.2) is 66.6 Å². The van der Waals surface area contributed by atoms with E-state index in [4.69, 9.17) is 0 Å². The van der Waals surface area contributed by atoms with Crippen LogP contribution in [0.4, 0.5) is 5.95 Å². The Balaban J connectivity index is 1.94. The normalized spacial score (nSPS) is 11.2. The lowest BCUT2D eigenvalue weighted by Gasteiger charge is -2.11. The van der Waals surface area contributed by atoms with Gasteiger partial charge in [-0.05, 0) is 30.5 Å². The molecule has 0 unspecified atom stereocenters. The molecule has 0 saturated carbocycles. The van der Waals surface area contributed by atoms with Crippen molar-refractivity contribution in [3.8, 4) is 5.95 Å². The molecule has 0 aliphatic heterocycles. The number of rotatable bonds is 7. The molecule has 3 rings (SSSR count). The van der Waals surface area contributed by atoms with E-state index in [1.54, 1.807) is 36.4 Å². The molecule has 0 aliphatic rings. The highest BCUT2D eigenvalue weighted by Gasteiger charge is 2.21. The molecule has 1 N–H and O–H groups in total. The predicted molar refractivity (Wildman–Crippen MR) is 92.7 cm³/mol. The van der Waals surface area contributed by atoms with Crippen molar-refractivity contribution in [2.45, 2.75) is 17.7 Å². The first-order chi connectivity index (χ1) is 12.1. The fourth-order valence-corrected chi connectivity index (χ4v) is 3.53. The summed E-state index contributed by atoms with van der Waals surface area (Å²) in [7, 11) is -3.84. The molecule has 0 aliphatic carbocycles. The van der Waals surface area contributed by atoms with E-state index in [0.29, 0.717) is 18.4 Å². The van der Waals surface area contributed by atoms with E-state index in [9.17, 15) is 8.42 Å². The Bertz CT molecular complexity index is 969. The molecule has 2 aromatic heterocycles. The fourth-order valence-electron chi connectivity index (χ4n) is 2.26. The van der Waals surface area contributed by atoms with Crippen LogP contribution in [0, 0.1) is 0 Å². The summed E-state index contributed by atoms with van der Waals surface area (Å²) in [6, 6.07) is 8.47. The van der Waals surface area contributed by atoms with E-state index in [2.05, 4.69) is 31.4 Å². The van der Waals surface area contributed by atoms with Crippen LogP contribution in [0.1, 0.15) is 12.0 Å². The Morgan fingerprint density at radius 1 is 1.12 bits per heavy atom. The minimum atomic E-state index is -3.84. The van der Waals surface area contributed by atoms with Gasteiger partial charge in [0.15, 0.2) is 0 Å². The molecule has 0 atom stereocenters. The van der Waals surface area contributed by atoms with E-state index >= 15 is 0 Å². The third-order valence-electron chi connectivity index (χ3n) is 3.39. The van der Waals surface area contributed by atoms with Crippen molar-refractivity contribution in [1.29, 1.82) is 0 Å². The van der Waals surface area contributed by atoms with Gasteiger partial charge in [-0.1, -0.05) is 24.3 Å². The first-order valence-electron chi connectivity index (χ1n) is 7.51. The number of allylic oxidation sites excluding steroid dienone is 1. The molecule has 2 heterocycles. The third-order valence-corrected chi connectivity index (χ3v) is 4.82. The molecule has 3 aromatic rings. The number of anilines is 1. The van der Waals surface area contributed by atoms with Crippen LogP contribution < -0.4 is 4.72 Å². The molecular formula is C16H16N6O2S. The summed E-state index contributed by atoms with van der Waals surface area (Å²) in [5.41, 5.74) is 0.705. The maximum Gasteiger partial charge on any atom is 0.264 e. The van der Waals surface area contributed by atoms with Crippen molar-refractivity contribution in [3.05, 3.63) is 67.3 Å². The van der Waals surface area contributed by atoms with E-state index in [1.807, 2.05) is 0 Å². The minimum absolute atomic E-state index is 0.0183. The Kier molecular flexibility index (Phi) is 4.85. The summed E-state index contributed by atoms with van der Waals surface area (Å²) in [6.07, 6.45) is 7.31. The van der Waals surface area contributed by atoms with Crippen molar-refractivity contribution in [1.82, 2.24) is 24.7 Å². The summed E-state index contributed by atoms with van der Waals surface area (Å²) in [5.74, 6) is 0.238. The van der Waals surface area contributed by atoms with E-state index in [-0.39, 0.29) is 16.8 Å². The topological polar surface area (TPSA) is 103 Å². The number of aromatic nitrogens is 5. The van der Waals surface area contributed by atoms with Gasteiger partial charge in [0, 0.05) is 12.4 Å². The molecule has 0 spiro atoms. The van der Waals surface area contributed by atoms with Gasteiger partial charge in [0.1, 0.15) is 6.33 Å². The van der Waals surface area contributed by atoms with Gasteiger partial charge >= 0.3 is 0 Å². The number of benzene rings is 1. The number of hydrogen-bond acceptors (Lipinski definition) is 6. The van der Waals surface area contributed by atoms with E-state index in [0.717, 1.165) is 0 Å². The summed E-state index contributed by atoms with van der Waals surface area (Å²) in [4.78, 5) is 12.2. The first-order valence-corrected chi connectivity index (χ1v) is 8.99. The fraction of sp³-hybridized carbons (Fsp3) is 0.125. The molecule has 0 amide bonds. The number of sulfonamides is 1. The smallest absolute Gasteiger partial charge is 0.247 e. The molecule has 25 heavy (non-hydrogen) atoms. The van der Waals surface area contributed by atoms with Gasteiger partial charge in [0.25, 0.3) is 16.0 Å². The van der Waals surface area contributed by atoms with Crippen molar-refractivity contribution in [2.24, 2.45) is 0 Å². The van der Waals surface area contributed by atoms with Crippen LogP contribution in [0.25, 0.3) is 5.95 Å². The zero-order valence-corrected chi connectivity index (χ0v) is 14.1. The highest BCUT2D eigenvalue weighted by atomic mass is 32.2. The average Bonchev–Trinajstić information content (AvgIpc) is 3.08. The summed E-state index contributed by atoms with van der Waals surface area (Å²) in [5, 5.41) is 3.98. The van der Waals surface area contributed by atoms with Gasteiger partial charge in [-0.25, -0.2) is 23.1 Å². The number of hydrogen-bond donors (Lipinski definition) is 1. The van der Waals surface area contributed by atoms with Gasteiger partial charge in [0.2, 0.25) is 5.95 Å². The van der Waals surface area contributed by atoms with Crippen molar-refractivity contribution in [3.63, 3.8) is 0 Å². The van der Waals surface area contributed by atoms with Crippen molar-refractivity contribution < 1.29 is 8.42 Å². The Hall–Kier alpha value is -3.07.